The summed E-state index contributed by atoms with van der Waals surface area (Å²) in [6.07, 6.45) is 4.73. The predicted octanol–water partition coefficient (Wildman–Crippen LogP) is 1.22. The summed E-state index contributed by atoms with van der Waals surface area (Å²) in [6.45, 7) is 6.17. The van der Waals surface area contributed by atoms with E-state index in [1.165, 1.54) is 12.8 Å². The normalized spacial score (nSPS) is 24.7. The molecule has 1 aromatic rings. The number of hydrogen-bond donors (Lipinski definition) is 1. The van der Waals surface area contributed by atoms with Gasteiger partial charge >= 0.3 is 0 Å². The van der Waals surface area contributed by atoms with Crippen molar-refractivity contribution in [3.63, 3.8) is 0 Å². The van der Waals surface area contributed by atoms with Crippen LogP contribution in [0, 0.1) is 6.92 Å². The van der Waals surface area contributed by atoms with E-state index in [1.54, 1.807) is 0 Å². The summed E-state index contributed by atoms with van der Waals surface area (Å²) in [6, 6.07) is 1.07. The Kier molecular flexibility index (Phi) is 4.35. The van der Waals surface area contributed by atoms with Gasteiger partial charge in [0.1, 0.15) is 11.6 Å². The number of rotatable bonds is 4. The molecule has 0 amide bonds. The number of hydrogen-bond acceptors (Lipinski definition) is 4. The third-order valence-electron chi connectivity index (χ3n) is 4.19. The fourth-order valence-electron chi connectivity index (χ4n) is 2.74. The Hall–Kier alpha value is -0.940. The van der Waals surface area contributed by atoms with Crippen LogP contribution in [-0.4, -0.2) is 38.3 Å². The highest BCUT2D eigenvalue weighted by Crippen LogP contribution is 2.23. The first-order valence-electron chi connectivity index (χ1n) is 6.96. The van der Waals surface area contributed by atoms with Crippen LogP contribution in [0.4, 0.5) is 0 Å². The molecule has 1 aromatic heterocycles. The topological polar surface area (TPSA) is 60.0 Å². The van der Waals surface area contributed by atoms with Gasteiger partial charge in [-0.25, -0.2) is 0 Å². The lowest BCUT2D eigenvalue weighted by Gasteiger charge is -2.35. The van der Waals surface area contributed by atoms with Crippen LogP contribution in [0.3, 0.4) is 0 Å². The van der Waals surface area contributed by atoms with Gasteiger partial charge in [0.2, 0.25) is 0 Å². The molecular weight excluding hydrogens is 226 g/mol. The van der Waals surface area contributed by atoms with Gasteiger partial charge in [-0.15, -0.1) is 10.2 Å². The maximum absolute atomic E-state index is 5.97. The van der Waals surface area contributed by atoms with E-state index in [4.69, 9.17) is 5.73 Å². The van der Waals surface area contributed by atoms with Gasteiger partial charge in [-0.05, 0) is 39.2 Å². The molecule has 0 bridgehead atoms. The van der Waals surface area contributed by atoms with Gasteiger partial charge in [0.25, 0.3) is 0 Å². The van der Waals surface area contributed by atoms with Gasteiger partial charge < -0.3 is 10.3 Å². The highest BCUT2D eigenvalue weighted by atomic mass is 15.3. The smallest absolute Gasteiger partial charge is 0.146 e. The van der Waals surface area contributed by atoms with Crippen LogP contribution in [0.25, 0.3) is 0 Å². The summed E-state index contributed by atoms with van der Waals surface area (Å²) < 4.78 is 2.08. The highest BCUT2D eigenvalue weighted by Gasteiger charge is 2.24. The average molecular weight is 251 g/mol. The molecule has 0 aromatic carbocycles. The van der Waals surface area contributed by atoms with E-state index in [0.717, 1.165) is 37.6 Å². The summed E-state index contributed by atoms with van der Waals surface area (Å²) in [4.78, 5) is 2.51. The molecule has 0 atom stereocenters. The Morgan fingerprint density at radius 1 is 1.28 bits per heavy atom. The van der Waals surface area contributed by atoms with Crippen LogP contribution < -0.4 is 5.73 Å². The average Bonchev–Trinajstić information content (AvgIpc) is 2.69. The molecule has 1 heterocycles. The van der Waals surface area contributed by atoms with Crippen molar-refractivity contribution < 1.29 is 0 Å². The Morgan fingerprint density at radius 3 is 2.44 bits per heavy atom. The van der Waals surface area contributed by atoms with E-state index >= 15 is 0 Å². The molecule has 0 unspecified atom stereocenters. The molecule has 1 aliphatic rings. The van der Waals surface area contributed by atoms with E-state index < -0.39 is 0 Å². The molecule has 0 aliphatic heterocycles. The second kappa shape index (κ2) is 5.80. The first-order valence-corrected chi connectivity index (χ1v) is 6.96. The molecule has 5 heteroatoms. The van der Waals surface area contributed by atoms with Gasteiger partial charge in [0.05, 0.1) is 6.54 Å². The van der Waals surface area contributed by atoms with Crippen molar-refractivity contribution in [2.24, 2.45) is 12.8 Å². The Balaban J connectivity index is 1.99. The minimum absolute atomic E-state index is 0.414. The third kappa shape index (κ3) is 2.90. The SMILES string of the molecule is CCN(Cc1nnc(C)n1C)C1CCC(N)CC1. The monoisotopic (exact) mass is 251 g/mol. The lowest BCUT2D eigenvalue weighted by Crippen LogP contribution is -2.40. The molecule has 1 saturated carbocycles. The molecule has 2 rings (SSSR count). The van der Waals surface area contributed by atoms with Gasteiger partial charge in [0.15, 0.2) is 0 Å². The largest absolute Gasteiger partial charge is 0.328 e. The van der Waals surface area contributed by atoms with E-state index in [9.17, 15) is 0 Å². The van der Waals surface area contributed by atoms with Crippen LogP contribution >= 0.6 is 0 Å². The lowest BCUT2D eigenvalue weighted by molar-refractivity contribution is 0.144. The molecule has 102 valence electrons. The molecule has 1 aliphatic carbocycles. The third-order valence-corrected chi connectivity index (χ3v) is 4.19. The van der Waals surface area contributed by atoms with E-state index in [-0.39, 0.29) is 0 Å². The van der Waals surface area contributed by atoms with Crippen LogP contribution in [0.15, 0.2) is 0 Å². The van der Waals surface area contributed by atoms with Crippen molar-refractivity contribution in [1.82, 2.24) is 19.7 Å². The number of nitrogens with two attached hydrogens (primary N) is 1. The molecule has 18 heavy (non-hydrogen) atoms. The van der Waals surface area contributed by atoms with E-state index in [2.05, 4.69) is 26.6 Å². The fourth-order valence-corrected chi connectivity index (χ4v) is 2.74. The summed E-state index contributed by atoms with van der Waals surface area (Å²) in [5.41, 5.74) is 5.97. The van der Waals surface area contributed by atoms with Gasteiger partial charge in [-0.2, -0.15) is 0 Å². The van der Waals surface area contributed by atoms with Crippen molar-refractivity contribution in [2.45, 2.75) is 58.2 Å². The molecular formula is C13H25N5. The molecule has 0 radical (unpaired) electrons. The Morgan fingerprint density at radius 2 is 1.94 bits per heavy atom. The van der Waals surface area contributed by atoms with E-state index in [0.29, 0.717) is 12.1 Å². The zero-order chi connectivity index (χ0) is 13.1. The maximum Gasteiger partial charge on any atom is 0.146 e. The first kappa shape index (κ1) is 13.5. The number of nitrogens with zero attached hydrogens (tertiary/aromatic N) is 4. The Bertz CT molecular complexity index is 379. The van der Waals surface area contributed by atoms with Crippen LogP contribution in [0.1, 0.15) is 44.3 Å². The van der Waals surface area contributed by atoms with Crippen LogP contribution in [-0.2, 0) is 13.6 Å². The molecule has 5 nitrogen and oxygen atoms in total. The van der Waals surface area contributed by atoms with Gasteiger partial charge in [0, 0.05) is 19.1 Å². The predicted molar refractivity (Wildman–Crippen MR) is 72.1 cm³/mol. The number of aromatic nitrogens is 3. The molecule has 2 N–H and O–H groups in total. The summed E-state index contributed by atoms with van der Waals surface area (Å²) in [5, 5.41) is 8.39. The fraction of sp³-hybridized carbons (Fsp3) is 0.846. The van der Waals surface area contributed by atoms with Crippen molar-refractivity contribution in [1.29, 1.82) is 0 Å². The second-order valence-corrected chi connectivity index (χ2v) is 5.35. The summed E-state index contributed by atoms with van der Waals surface area (Å²) in [5.74, 6) is 2.04. The van der Waals surface area contributed by atoms with Gasteiger partial charge in [-0.3, -0.25) is 4.90 Å². The lowest BCUT2D eigenvalue weighted by atomic mass is 9.91. The first-order chi connectivity index (χ1) is 8.61. The van der Waals surface area contributed by atoms with Crippen LogP contribution in [0.2, 0.25) is 0 Å². The van der Waals surface area contributed by atoms with E-state index in [1.807, 2.05) is 14.0 Å². The molecule has 0 saturated heterocycles. The van der Waals surface area contributed by atoms with Crippen molar-refractivity contribution in [3.05, 3.63) is 11.6 Å². The zero-order valence-electron chi connectivity index (χ0n) is 11.8. The Labute approximate surface area is 109 Å². The van der Waals surface area contributed by atoms with Crippen molar-refractivity contribution in [2.75, 3.05) is 6.54 Å². The minimum atomic E-state index is 0.414. The second-order valence-electron chi connectivity index (χ2n) is 5.35. The van der Waals surface area contributed by atoms with Crippen LogP contribution in [0.5, 0.6) is 0 Å². The molecule has 1 fully saturated rings. The summed E-state index contributed by atoms with van der Waals surface area (Å²) >= 11 is 0. The van der Waals surface area contributed by atoms with Crippen molar-refractivity contribution in [3.8, 4) is 0 Å². The quantitative estimate of drug-likeness (QED) is 0.874. The minimum Gasteiger partial charge on any atom is -0.328 e. The molecule has 0 spiro atoms. The maximum atomic E-state index is 5.97. The zero-order valence-corrected chi connectivity index (χ0v) is 11.8. The number of aryl methyl sites for hydroxylation is 1. The van der Waals surface area contributed by atoms with Gasteiger partial charge in [-0.1, -0.05) is 6.92 Å². The standard InChI is InChI=1S/C13H25N5/c1-4-18(12-7-5-11(14)6-8-12)9-13-16-15-10(2)17(13)3/h11-12H,4-9,14H2,1-3H3. The highest BCUT2D eigenvalue weighted by molar-refractivity contribution is 4.93. The summed E-state index contributed by atoms with van der Waals surface area (Å²) in [7, 11) is 2.04. The van der Waals surface area contributed by atoms with Crippen molar-refractivity contribution >= 4 is 0 Å².